The molecule has 78 valence electrons. The molecule has 15 heavy (non-hydrogen) atoms. The molecule has 0 unspecified atom stereocenters. The first-order valence-corrected chi connectivity index (χ1v) is 4.82. The zero-order chi connectivity index (χ0) is 11.0. The van der Waals surface area contributed by atoms with E-state index < -0.39 is 0 Å². The largest absolute Gasteiger partial charge is 0.384 e. The van der Waals surface area contributed by atoms with Crippen molar-refractivity contribution < 1.29 is 0 Å². The Morgan fingerprint density at radius 2 is 2.00 bits per heavy atom. The average Bonchev–Trinajstić information content (AvgIpc) is 2.51. The molecular weight excluding hydrogens is 237 g/mol. The van der Waals surface area contributed by atoms with Crippen molar-refractivity contribution in [3.63, 3.8) is 0 Å². The Morgan fingerprint density at radius 3 is 2.60 bits per heavy atom. The van der Waals surface area contributed by atoms with Gasteiger partial charge in [0, 0.05) is 18.7 Å². The van der Waals surface area contributed by atoms with E-state index in [1.54, 1.807) is 23.9 Å². The fourth-order valence-electron chi connectivity index (χ4n) is 1.15. The highest BCUT2D eigenvalue weighted by molar-refractivity contribution is 6.33. The Bertz CT molecular complexity index is 488. The molecule has 0 saturated heterocycles. The van der Waals surface area contributed by atoms with Crippen molar-refractivity contribution in [1.29, 1.82) is 0 Å². The SMILES string of the molecule is Cn1nc(-c2cc(Cl)nnc2Cl)cc1N. The van der Waals surface area contributed by atoms with Crippen molar-refractivity contribution in [3.8, 4) is 11.3 Å². The third-order valence-electron chi connectivity index (χ3n) is 1.91. The highest BCUT2D eigenvalue weighted by Gasteiger charge is 2.11. The molecule has 0 atom stereocenters. The van der Waals surface area contributed by atoms with Gasteiger partial charge >= 0.3 is 0 Å². The zero-order valence-corrected chi connectivity index (χ0v) is 9.29. The van der Waals surface area contributed by atoms with E-state index in [0.717, 1.165) is 0 Å². The number of nitrogens with zero attached hydrogens (tertiary/aromatic N) is 4. The predicted octanol–water partition coefficient (Wildman–Crippen LogP) is 1.77. The quantitative estimate of drug-likeness (QED) is 0.829. The second-order valence-electron chi connectivity index (χ2n) is 2.95. The Balaban J connectivity index is 2.58. The van der Waals surface area contributed by atoms with Gasteiger partial charge in [-0.05, 0) is 6.07 Å². The van der Waals surface area contributed by atoms with Crippen molar-refractivity contribution in [2.75, 3.05) is 5.73 Å². The number of aryl methyl sites for hydroxylation is 1. The minimum Gasteiger partial charge on any atom is -0.384 e. The summed E-state index contributed by atoms with van der Waals surface area (Å²) in [5, 5.41) is 12.0. The van der Waals surface area contributed by atoms with Crippen molar-refractivity contribution in [2.45, 2.75) is 0 Å². The maximum atomic E-state index is 5.87. The van der Waals surface area contributed by atoms with Crippen LogP contribution in [0, 0.1) is 0 Å². The number of halogens is 2. The van der Waals surface area contributed by atoms with Crippen LogP contribution in [-0.2, 0) is 7.05 Å². The van der Waals surface area contributed by atoms with Crippen LogP contribution in [0.25, 0.3) is 11.3 Å². The molecule has 0 radical (unpaired) electrons. The van der Waals surface area contributed by atoms with E-state index in [-0.39, 0.29) is 10.3 Å². The van der Waals surface area contributed by atoms with Gasteiger partial charge in [-0.25, -0.2) is 0 Å². The van der Waals surface area contributed by atoms with Crippen molar-refractivity contribution >= 4 is 29.0 Å². The van der Waals surface area contributed by atoms with Crippen LogP contribution in [0.5, 0.6) is 0 Å². The Hall–Kier alpha value is -1.33. The highest BCUT2D eigenvalue weighted by atomic mass is 35.5. The smallest absolute Gasteiger partial charge is 0.161 e. The molecule has 0 aliphatic rings. The lowest BCUT2D eigenvalue weighted by molar-refractivity contribution is 0.782. The van der Waals surface area contributed by atoms with E-state index in [1.807, 2.05) is 0 Å². The Labute approximate surface area is 95.8 Å². The van der Waals surface area contributed by atoms with Crippen molar-refractivity contribution in [2.24, 2.45) is 7.05 Å². The summed E-state index contributed by atoms with van der Waals surface area (Å²) in [5.41, 5.74) is 6.89. The Morgan fingerprint density at radius 1 is 1.27 bits per heavy atom. The lowest BCUT2D eigenvalue weighted by Crippen LogP contribution is -1.96. The first-order chi connectivity index (χ1) is 7.08. The first kappa shape index (κ1) is 10.2. The molecule has 0 aromatic carbocycles. The van der Waals surface area contributed by atoms with E-state index >= 15 is 0 Å². The molecule has 0 saturated carbocycles. The molecule has 0 spiro atoms. The molecule has 0 aliphatic heterocycles. The van der Waals surface area contributed by atoms with Crippen molar-refractivity contribution in [1.82, 2.24) is 20.0 Å². The molecule has 0 fully saturated rings. The summed E-state index contributed by atoms with van der Waals surface area (Å²) in [6.07, 6.45) is 0. The molecule has 0 bridgehead atoms. The van der Waals surface area contributed by atoms with Crippen LogP contribution in [0.4, 0.5) is 5.82 Å². The van der Waals surface area contributed by atoms with Crippen LogP contribution < -0.4 is 5.73 Å². The van der Waals surface area contributed by atoms with Gasteiger partial charge in [0.1, 0.15) is 5.82 Å². The van der Waals surface area contributed by atoms with E-state index in [0.29, 0.717) is 17.1 Å². The van der Waals surface area contributed by atoms with Gasteiger partial charge in [-0.2, -0.15) is 5.10 Å². The summed E-state index contributed by atoms with van der Waals surface area (Å²) in [7, 11) is 1.74. The topological polar surface area (TPSA) is 69.6 Å². The van der Waals surface area contributed by atoms with Gasteiger partial charge in [-0.15, -0.1) is 10.2 Å². The van der Waals surface area contributed by atoms with Crippen molar-refractivity contribution in [3.05, 3.63) is 22.4 Å². The van der Waals surface area contributed by atoms with Gasteiger partial charge in [0.05, 0.1) is 5.69 Å². The highest BCUT2D eigenvalue weighted by Crippen LogP contribution is 2.27. The molecule has 2 aromatic heterocycles. The minimum atomic E-state index is 0.248. The van der Waals surface area contributed by atoms with Gasteiger partial charge in [0.15, 0.2) is 10.3 Å². The second-order valence-corrected chi connectivity index (χ2v) is 3.69. The van der Waals surface area contributed by atoms with E-state index in [4.69, 9.17) is 28.9 Å². The van der Waals surface area contributed by atoms with Crippen LogP contribution in [-0.4, -0.2) is 20.0 Å². The lowest BCUT2D eigenvalue weighted by atomic mass is 10.2. The standard InChI is InChI=1S/C8H7Cl2N5/c1-15-7(11)3-5(14-15)4-2-6(9)12-13-8(4)10/h2-3H,11H2,1H3. The second kappa shape index (κ2) is 3.67. The van der Waals surface area contributed by atoms with Crippen LogP contribution in [0.3, 0.4) is 0 Å². The predicted molar refractivity (Wildman–Crippen MR) is 58.7 cm³/mol. The summed E-state index contributed by atoms with van der Waals surface area (Å²) >= 11 is 11.6. The molecule has 0 amide bonds. The van der Waals surface area contributed by atoms with Gasteiger partial charge in [0.25, 0.3) is 0 Å². The van der Waals surface area contributed by atoms with Crippen LogP contribution in [0.2, 0.25) is 10.3 Å². The minimum absolute atomic E-state index is 0.248. The summed E-state index contributed by atoms with van der Waals surface area (Å²) in [6.45, 7) is 0. The van der Waals surface area contributed by atoms with Gasteiger partial charge in [-0.1, -0.05) is 23.2 Å². The van der Waals surface area contributed by atoms with Gasteiger partial charge in [0.2, 0.25) is 0 Å². The molecule has 7 heteroatoms. The number of rotatable bonds is 1. The number of nitrogen functional groups attached to an aromatic ring is 1. The third-order valence-corrected chi connectivity index (χ3v) is 2.37. The average molecular weight is 244 g/mol. The van der Waals surface area contributed by atoms with Crippen LogP contribution >= 0.6 is 23.2 Å². The maximum absolute atomic E-state index is 5.87. The molecule has 2 N–H and O–H groups in total. The van der Waals surface area contributed by atoms with Crippen LogP contribution in [0.1, 0.15) is 0 Å². The summed E-state index contributed by atoms with van der Waals surface area (Å²) < 4.78 is 1.54. The summed E-state index contributed by atoms with van der Waals surface area (Å²) in [4.78, 5) is 0. The fourth-order valence-corrected chi connectivity index (χ4v) is 1.48. The zero-order valence-electron chi connectivity index (χ0n) is 7.78. The number of hydrogen-bond donors (Lipinski definition) is 1. The van der Waals surface area contributed by atoms with Crippen LogP contribution in [0.15, 0.2) is 12.1 Å². The molecule has 0 aliphatic carbocycles. The summed E-state index contributed by atoms with van der Waals surface area (Å²) in [5.74, 6) is 0.536. The number of hydrogen-bond acceptors (Lipinski definition) is 4. The third kappa shape index (κ3) is 1.88. The lowest BCUT2D eigenvalue weighted by Gasteiger charge is -1.98. The van der Waals surface area contributed by atoms with Gasteiger partial charge in [-0.3, -0.25) is 4.68 Å². The first-order valence-electron chi connectivity index (χ1n) is 4.06. The normalized spacial score (nSPS) is 10.6. The Kier molecular flexibility index (Phi) is 2.50. The fraction of sp³-hybridized carbons (Fsp3) is 0.125. The molecular formula is C8H7Cl2N5. The monoisotopic (exact) mass is 243 g/mol. The number of anilines is 1. The molecule has 2 heterocycles. The molecule has 2 rings (SSSR count). The summed E-state index contributed by atoms with van der Waals surface area (Å²) in [6, 6.07) is 3.29. The number of aromatic nitrogens is 4. The van der Waals surface area contributed by atoms with E-state index in [9.17, 15) is 0 Å². The maximum Gasteiger partial charge on any atom is 0.161 e. The molecule has 2 aromatic rings. The van der Waals surface area contributed by atoms with Gasteiger partial charge < -0.3 is 5.73 Å². The van der Waals surface area contributed by atoms with E-state index in [2.05, 4.69) is 15.3 Å². The number of nitrogens with two attached hydrogens (primary N) is 1. The molecule has 5 nitrogen and oxygen atoms in total. The van der Waals surface area contributed by atoms with E-state index in [1.165, 1.54) is 0 Å².